The molecule has 0 radical (unpaired) electrons. The molecule has 0 rings (SSSR count). The second-order valence-corrected chi connectivity index (χ2v) is 7.83. The van der Waals surface area contributed by atoms with E-state index in [9.17, 15) is 0 Å². The minimum absolute atomic E-state index is 0.429. The van der Waals surface area contributed by atoms with Crippen LogP contribution in [0.2, 0.25) is 0.417 Å². The van der Waals surface area contributed by atoms with E-state index in [1.165, 1.54) is 55.9 Å². The molecule has 20 valence electrons. The third kappa shape index (κ3) is 5.96. The summed E-state index contributed by atoms with van der Waals surface area (Å²) in [6.45, 7) is 0.429. The molecule has 3 heteroatoms. The van der Waals surface area contributed by atoms with E-state index in [0.717, 1.165) is 0.417 Å². The summed E-state index contributed by atoms with van der Waals surface area (Å²) in [5.41, 5.74) is 0. The molecule has 5 heavy (non-hydrogen) atoms. The van der Waals surface area contributed by atoms with Crippen LogP contribution in [-0.4, -0.2) is 67.6 Å². The van der Waals surface area contributed by atoms with E-state index in [-0.39, 0.29) is 0 Å². The first-order valence-corrected chi connectivity index (χ1v) is 4.19. The van der Waals surface area contributed by atoms with Gasteiger partial charge >= 0.3 is 68.0 Å². The van der Waals surface area contributed by atoms with Crippen molar-refractivity contribution in [2.45, 2.75) is 0.417 Å². The van der Waals surface area contributed by atoms with Crippen LogP contribution in [0.4, 0.5) is 0 Å². The summed E-state index contributed by atoms with van der Waals surface area (Å²) in [5.74, 6) is 0. The Morgan fingerprint density at radius 2 is 1.80 bits per heavy atom. The van der Waals surface area contributed by atoms with Gasteiger partial charge in [0.1, 0.15) is 0 Å². The fourth-order valence-electron chi connectivity index (χ4n) is 0. The van der Waals surface area contributed by atoms with Gasteiger partial charge in [-0.25, -0.2) is 0 Å². The van der Waals surface area contributed by atoms with Gasteiger partial charge in [-0.3, -0.25) is 0 Å². The Morgan fingerprint density at radius 1 is 1.60 bits per heavy atom. The van der Waals surface area contributed by atoms with Crippen LogP contribution in [0.25, 0.3) is 0 Å². The summed E-state index contributed by atoms with van der Waals surface area (Å²) in [5, 5.41) is 8.21. The summed E-state index contributed by atoms with van der Waals surface area (Å²) < 4.78 is 0.718. The predicted molar refractivity (Wildman–Crippen MR) is 22.3 cm³/mol. The van der Waals surface area contributed by atoms with Crippen LogP contribution < -0.4 is 0 Å². The summed E-state index contributed by atoms with van der Waals surface area (Å²) in [6.07, 6.45) is 0. The van der Waals surface area contributed by atoms with Gasteiger partial charge in [0.25, 0.3) is 0 Å². The van der Waals surface area contributed by atoms with Crippen molar-refractivity contribution < 1.29 is 5.11 Å². The van der Waals surface area contributed by atoms with Crippen LogP contribution in [0.1, 0.15) is 0 Å². The van der Waals surface area contributed by atoms with Crippen molar-refractivity contribution in [1.29, 1.82) is 0 Å². The Hall–Kier alpha value is 1.96. The van der Waals surface area contributed by atoms with Gasteiger partial charge in [-0.05, 0) is 0 Å². The molecule has 0 bridgehead atoms. The van der Waals surface area contributed by atoms with Crippen molar-refractivity contribution in [2.24, 2.45) is 0 Å². The molecule has 0 aromatic rings. The number of aliphatic hydroxyl groups is 1. The summed E-state index contributed by atoms with van der Waals surface area (Å²) in [4.78, 5) is 0. The predicted octanol–water partition coefficient (Wildman–Crippen LogP) is -0.938. The molecule has 0 aliphatic heterocycles. The molecule has 0 fully saturated rings. The van der Waals surface area contributed by atoms with Gasteiger partial charge in [-0.15, -0.1) is 0 Å². The zero-order valence-corrected chi connectivity index (χ0v) is 7.73. The van der Waals surface area contributed by atoms with Crippen molar-refractivity contribution >= 4 is 55.9 Å². The summed E-state index contributed by atoms with van der Waals surface area (Å²) in [6, 6.07) is 0. The van der Waals surface area contributed by atoms with Gasteiger partial charge in [0.05, 0.1) is 0 Å². The molecule has 1 N–H and O–H groups in total. The summed E-state index contributed by atoms with van der Waals surface area (Å²) in [7, 11) is 0. The van der Waals surface area contributed by atoms with Crippen LogP contribution in [0.15, 0.2) is 0 Å². The zero-order chi connectivity index (χ0) is 4.28. The first-order valence-electron chi connectivity index (χ1n) is 1.88. The molecule has 0 unspecified atom stereocenters. The van der Waals surface area contributed by atoms with Gasteiger partial charge < -0.3 is 0 Å². The van der Waals surface area contributed by atoms with Crippen LogP contribution in [-0.2, 0) is 0 Å². The molecule has 0 aromatic heterocycles. The maximum atomic E-state index is 8.21. The average Bonchev–Trinajstić information content (AvgIpc) is 1.38. The Bertz CT molecular complexity index is 21.6. The van der Waals surface area contributed by atoms with Crippen LogP contribution in [0.3, 0.4) is 0 Å². The molecule has 0 aliphatic rings. The molecule has 0 aromatic carbocycles. The molecule has 0 aliphatic carbocycles. The van der Waals surface area contributed by atoms with Gasteiger partial charge in [0.15, 0.2) is 0 Å². The van der Waals surface area contributed by atoms with Crippen molar-refractivity contribution in [2.75, 3.05) is 6.61 Å². The number of aliphatic hydroxyl groups excluding tert-OH is 1. The fourth-order valence-corrected chi connectivity index (χ4v) is 0. The molecule has 0 saturated heterocycles. The summed E-state index contributed by atoms with van der Waals surface area (Å²) >= 11 is 2.36. The fraction of sp³-hybridized carbons (Fsp3) is 1.00. The van der Waals surface area contributed by atoms with E-state index in [0.29, 0.717) is 6.61 Å². The third-order valence-corrected chi connectivity index (χ3v) is 1.10. The van der Waals surface area contributed by atoms with Gasteiger partial charge in [-0.2, -0.15) is 0 Å². The Kier molecular flexibility index (Phi) is 5.75. The first-order chi connectivity index (χ1) is 2.27. The maximum absolute atomic E-state index is 8.21. The van der Waals surface area contributed by atoms with Gasteiger partial charge in [0.2, 0.25) is 0 Å². The molecule has 1 nitrogen and oxygen atoms in total. The van der Waals surface area contributed by atoms with Gasteiger partial charge in [-0.1, -0.05) is 0 Å². The van der Waals surface area contributed by atoms with Crippen molar-refractivity contribution in [3.63, 3.8) is 0 Å². The van der Waals surface area contributed by atoms with E-state index < -0.39 is 0 Å². The van der Waals surface area contributed by atoms with Gasteiger partial charge in [0, 0.05) is 0 Å². The van der Waals surface area contributed by atoms with Crippen LogP contribution in [0, 0.1) is 0 Å². The normalized spacial score (nSPS) is 10.0. The SMILES string of the molecule is OC[CH]([Na])[Na]. The number of rotatable bonds is 1. The van der Waals surface area contributed by atoms with E-state index in [2.05, 4.69) is 0 Å². The average molecular weight is 90.0 g/mol. The molecular weight excluding hydrogens is 86.0 g/mol. The van der Waals surface area contributed by atoms with Crippen molar-refractivity contribution in [3.05, 3.63) is 0 Å². The molecule has 0 saturated carbocycles. The second kappa shape index (κ2) is 4.13. The Morgan fingerprint density at radius 3 is 1.80 bits per heavy atom. The molecular formula is C2H4Na2O. The van der Waals surface area contributed by atoms with E-state index >= 15 is 0 Å². The number of hydrogen-bond donors (Lipinski definition) is 1. The molecule has 0 heterocycles. The molecule has 0 atom stereocenters. The van der Waals surface area contributed by atoms with E-state index in [1.807, 2.05) is 0 Å². The first kappa shape index (κ1) is 6.96. The van der Waals surface area contributed by atoms with Crippen molar-refractivity contribution in [3.8, 4) is 0 Å². The third-order valence-electron chi connectivity index (χ3n) is 0.365. The van der Waals surface area contributed by atoms with E-state index in [4.69, 9.17) is 5.11 Å². The molecule has 0 spiro atoms. The topological polar surface area (TPSA) is 20.2 Å². The minimum atomic E-state index is 0.429. The number of hydrogen-bond acceptors (Lipinski definition) is 1. The quantitative estimate of drug-likeness (QED) is 0.412. The zero-order valence-electron chi connectivity index (χ0n) is 3.73. The van der Waals surface area contributed by atoms with E-state index in [1.54, 1.807) is 0 Å². The van der Waals surface area contributed by atoms with Crippen LogP contribution >= 0.6 is 0 Å². The second-order valence-electron chi connectivity index (χ2n) is 1.58. The standard InChI is InChI=1S/C2H4O.2Na/c1-2-3;;/h1,3H,2H2;;. The Labute approximate surface area is 67.0 Å². The monoisotopic (exact) mass is 90.0 g/mol. The van der Waals surface area contributed by atoms with Crippen molar-refractivity contribution in [1.82, 2.24) is 0 Å². The van der Waals surface area contributed by atoms with Crippen LogP contribution in [0.5, 0.6) is 0 Å². The Balaban J connectivity index is 2.54. The molecule has 0 amide bonds.